The monoisotopic (exact) mass is 953 g/mol. The molecule has 0 spiro atoms. The lowest BCUT2D eigenvalue weighted by Crippen LogP contribution is -2.30. The largest absolute Gasteiger partial charge is 0.462 e. The zero-order valence-corrected chi connectivity index (χ0v) is 45.4. The minimum Gasteiger partial charge on any atom is -0.462 e. The van der Waals surface area contributed by atoms with E-state index in [9.17, 15) is 14.4 Å². The predicted octanol–water partition coefficient (Wildman–Crippen LogP) is 19.8. The maximum Gasteiger partial charge on any atom is 0.306 e. The van der Waals surface area contributed by atoms with E-state index in [2.05, 4.69) is 69.4 Å². The van der Waals surface area contributed by atoms with Crippen molar-refractivity contribution in [3.05, 3.63) is 48.6 Å². The lowest BCUT2D eigenvalue weighted by atomic mass is 10.0. The highest BCUT2D eigenvalue weighted by Gasteiger charge is 2.19. The predicted molar refractivity (Wildman–Crippen MR) is 293 cm³/mol. The van der Waals surface area contributed by atoms with Crippen molar-refractivity contribution in [2.45, 2.75) is 316 Å². The van der Waals surface area contributed by atoms with E-state index in [-0.39, 0.29) is 31.1 Å². The molecule has 0 N–H and O–H groups in total. The Labute approximate surface area is 422 Å². The second-order valence-electron chi connectivity index (χ2n) is 19.9. The molecule has 0 radical (unpaired) electrons. The van der Waals surface area contributed by atoms with Crippen molar-refractivity contribution in [2.24, 2.45) is 0 Å². The highest BCUT2D eigenvalue weighted by Crippen LogP contribution is 2.17. The van der Waals surface area contributed by atoms with Gasteiger partial charge in [-0.05, 0) is 77.0 Å². The van der Waals surface area contributed by atoms with Crippen LogP contribution < -0.4 is 0 Å². The number of allylic oxidation sites excluding steroid dienone is 8. The average Bonchev–Trinajstić information content (AvgIpc) is 3.34. The number of hydrogen-bond donors (Lipinski definition) is 0. The summed E-state index contributed by atoms with van der Waals surface area (Å²) in [7, 11) is 0. The molecule has 0 aliphatic rings. The van der Waals surface area contributed by atoms with Crippen LogP contribution in [0, 0.1) is 0 Å². The molecule has 0 fully saturated rings. The number of rotatable bonds is 54. The molecule has 0 amide bonds. The number of ether oxygens (including phenoxy) is 3. The molecule has 0 aromatic heterocycles. The second kappa shape index (κ2) is 57.0. The van der Waals surface area contributed by atoms with Gasteiger partial charge in [0.1, 0.15) is 13.2 Å². The number of unbranched alkanes of at least 4 members (excludes halogenated alkanes) is 35. The van der Waals surface area contributed by atoms with E-state index in [4.69, 9.17) is 14.2 Å². The van der Waals surface area contributed by atoms with Crippen LogP contribution in [0.15, 0.2) is 48.6 Å². The minimum absolute atomic E-state index is 0.0765. The molecular weight excluding hydrogens is 841 g/mol. The van der Waals surface area contributed by atoms with Gasteiger partial charge in [-0.15, -0.1) is 0 Å². The third kappa shape index (κ3) is 54.3. The fourth-order valence-corrected chi connectivity index (χ4v) is 8.63. The number of esters is 3. The summed E-state index contributed by atoms with van der Waals surface area (Å²) < 4.78 is 16.9. The Morgan fingerprint density at radius 2 is 0.574 bits per heavy atom. The van der Waals surface area contributed by atoms with Crippen LogP contribution in [0.3, 0.4) is 0 Å². The number of carbonyl (C=O) groups excluding carboxylic acids is 3. The Balaban J connectivity index is 4.36. The van der Waals surface area contributed by atoms with Crippen LogP contribution in [-0.4, -0.2) is 37.2 Å². The Bertz CT molecular complexity index is 1190. The molecule has 0 saturated heterocycles. The van der Waals surface area contributed by atoms with E-state index in [1.54, 1.807) is 0 Å². The van der Waals surface area contributed by atoms with Crippen molar-refractivity contribution in [3.63, 3.8) is 0 Å². The van der Waals surface area contributed by atoms with Crippen molar-refractivity contribution in [1.29, 1.82) is 0 Å². The lowest BCUT2D eigenvalue weighted by molar-refractivity contribution is -0.167. The molecule has 0 aliphatic carbocycles. The first-order chi connectivity index (χ1) is 33.5. The maximum absolute atomic E-state index is 12.9. The molecule has 6 nitrogen and oxygen atoms in total. The van der Waals surface area contributed by atoms with E-state index in [0.717, 1.165) is 89.9 Å². The molecule has 1 atom stereocenters. The molecule has 0 aliphatic heterocycles. The van der Waals surface area contributed by atoms with Crippen molar-refractivity contribution >= 4 is 17.9 Å². The van der Waals surface area contributed by atoms with Crippen LogP contribution >= 0.6 is 0 Å². The summed E-state index contributed by atoms with van der Waals surface area (Å²) in [6.07, 6.45) is 69.6. The summed E-state index contributed by atoms with van der Waals surface area (Å²) in [5, 5.41) is 0. The van der Waals surface area contributed by atoms with Gasteiger partial charge in [0, 0.05) is 19.3 Å². The summed E-state index contributed by atoms with van der Waals surface area (Å²) in [4.78, 5) is 38.2. The molecular formula is C62H112O6. The van der Waals surface area contributed by atoms with Gasteiger partial charge in [0.05, 0.1) is 0 Å². The first kappa shape index (κ1) is 65.4. The van der Waals surface area contributed by atoms with Gasteiger partial charge in [0.25, 0.3) is 0 Å². The van der Waals surface area contributed by atoms with Gasteiger partial charge in [0.15, 0.2) is 6.10 Å². The molecule has 6 heteroatoms. The van der Waals surface area contributed by atoms with Gasteiger partial charge < -0.3 is 14.2 Å². The van der Waals surface area contributed by atoms with Gasteiger partial charge in [0.2, 0.25) is 0 Å². The first-order valence-corrected chi connectivity index (χ1v) is 29.6. The van der Waals surface area contributed by atoms with E-state index in [0.29, 0.717) is 19.3 Å². The first-order valence-electron chi connectivity index (χ1n) is 29.6. The van der Waals surface area contributed by atoms with Crippen LogP contribution in [0.25, 0.3) is 0 Å². The molecule has 0 aromatic carbocycles. The number of hydrogen-bond acceptors (Lipinski definition) is 6. The lowest BCUT2D eigenvalue weighted by Gasteiger charge is -2.18. The van der Waals surface area contributed by atoms with Crippen LogP contribution in [0.5, 0.6) is 0 Å². The summed E-state index contributed by atoms with van der Waals surface area (Å²) in [5.74, 6) is -0.878. The molecule has 396 valence electrons. The SMILES string of the molecule is CC/C=C\C/C=C\C/C=C\CCCCCCCCCC(=O)OC(COC(=O)CCCCCCC/C=C\CCCCCCCC)COC(=O)CCCCCCCCCCCCCCCCCCCC. The van der Waals surface area contributed by atoms with Crippen molar-refractivity contribution in [3.8, 4) is 0 Å². The fraction of sp³-hybridized carbons (Fsp3) is 0.823. The van der Waals surface area contributed by atoms with E-state index >= 15 is 0 Å². The van der Waals surface area contributed by atoms with Gasteiger partial charge in [-0.1, -0.05) is 262 Å². The summed E-state index contributed by atoms with van der Waals surface area (Å²) >= 11 is 0. The van der Waals surface area contributed by atoms with Gasteiger partial charge in [-0.2, -0.15) is 0 Å². The molecule has 0 aromatic rings. The Kier molecular flexibility index (Phi) is 54.8. The quantitative estimate of drug-likeness (QED) is 0.0262. The molecule has 68 heavy (non-hydrogen) atoms. The summed E-state index contributed by atoms with van der Waals surface area (Å²) in [6.45, 7) is 6.55. The fourth-order valence-electron chi connectivity index (χ4n) is 8.63. The summed E-state index contributed by atoms with van der Waals surface area (Å²) in [5.41, 5.74) is 0. The molecule has 0 bridgehead atoms. The van der Waals surface area contributed by atoms with Crippen LogP contribution in [-0.2, 0) is 28.6 Å². The standard InChI is InChI=1S/C62H112O6/c1-4-7-10-13-16-19-22-25-28-30-32-34-37-40-43-46-49-52-55-61(64)67-58-59(57-66-60(63)54-51-48-45-42-39-36-33-27-24-21-18-15-12-9-6-3)68-62(65)56-53-50-47-44-41-38-35-31-29-26-23-20-17-14-11-8-5-2/h8,11,17,20,26-27,29,33,59H,4-7,9-10,12-16,18-19,21-25,28,30-32,34-58H2,1-3H3/b11-8-,20-17-,29-26-,33-27-. The molecule has 0 heterocycles. The van der Waals surface area contributed by atoms with Crippen molar-refractivity contribution in [1.82, 2.24) is 0 Å². The zero-order chi connectivity index (χ0) is 49.3. The van der Waals surface area contributed by atoms with E-state index in [1.165, 1.54) is 180 Å². The number of carbonyl (C=O) groups is 3. The smallest absolute Gasteiger partial charge is 0.306 e. The van der Waals surface area contributed by atoms with Crippen LogP contribution in [0.4, 0.5) is 0 Å². The second-order valence-corrected chi connectivity index (χ2v) is 19.9. The average molecular weight is 954 g/mol. The topological polar surface area (TPSA) is 78.9 Å². The molecule has 0 rings (SSSR count). The van der Waals surface area contributed by atoms with Crippen molar-refractivity contribution < 1.29 is 28.6 Å². The highest BCUT2D eigenvalue weighted by molar-refractivity contribution is 5.71. The minimum atomic E-state index is -0.780. The third-order valence-corrected chi connectivity index (χ3v) is 13.1. The Morgan fingerprint density at radius 3 is 0.912 bits per heavy atom. The van der Waals surface area contributed by atoms with E-state index < -0.39 is 6.10 Å². The van der Waals surface area contributed by atoms with Gasteiger partial charge in [-0.3, -0.25) is 14.4 Å². The Morgan fingerprint density at radius 1 is 0.309 bits per heavy atom. The van der Waals surface area contributed by atoms with Crippen LogP contribution in [0.2, 0.25) is 0 Å². The third-order valence-electron chi connectivity index (χ3n) is 13.1. The summed E-state index contributed by atoms with van der Waals surface area (Å²) in [6, 6.07) is 0. The Hall–Kier alpha value is -2.63. The highest BCUT2D eigenvalue weighted by atomic mass is 16.6. The molecule has 0 saturated carbocycles. The van der Waals surface area contributed by atoms with E-state index in [1.807, 2.05) is 0 Å². The van der Waals surface area contributed by atoms with Crippen molar-refractivity contribution in [2.75, 3.05) is 13.2 Å². The normalized spacial score (nSPS) is 12.3. The zero-order valence-electron chi connectivity index (χ0n) is 45.4. The maximum atomic E-state index is 12.9. The van der Waals surface area contributed by atoms with Crippen LogP contribution in [0.1, 0.15) is 310 Å². The molecule has 1 unspecified atom stereocenters. The van der Waals surface area contributed by atoms with Gasteiger partial charge >= 0.3 is 17.9 Å². The van der Waals surface area contributed by atoms with Gasteiger partial charge in [-0.25, -0.2) is 0 Å².